The number of hydrogen-bond donors (Lipinski definition) is 1. The van der Waals surface area contributed by atoms with E-state index in [1.807, 2.05) is 13.2 Å². The van der Waals surface area contributed by atoms with Crippen LogP contribution >= 0.6 is 0 Å². The van der Waals surface area contributed by atoms with Crippen molar-refractivity contribution in [3.05, 3.63) is 11.9 Å². The van der Waals surface area contributed by atoms with Crippen molar-refractivity contribution in [1.82, 2.24) is 20.3 Å². The summed E-state index contributed by atoms with van der Waals surface area (Å²) in [6.45, 7) is 4.63. The first-order valence-electron chi connectivity index (χ1n) is 4.92. The third kappa shape index (κ3) is 2.10. The highest BCUT2D eigenvalue weighted by Gasteiger charge is 2.23. The van der Waals surface area contributed by atoms with Gasteiger partial charge in [-0.2, -0.15) is 0 Å². The standard InChI is InChI=1S/C9H16N4O/c1-7-5-14-6-9(7)10-3-8-4-13(2)12-11-8/h4,7,9-10H,3,5-6H2,1-2H3. The topological polar surface area (TPSA) is 52.0 Å². The average Bonchev–Trinajstić information content (AvgIpc) is 2.72. The van der Waals surface area contributed by atoms with E-state index < -0.39 is 0 Å². The monoisotopic (exact) mass is 196 g/mol. The summed E-state index contributed by atoms with van der Waals surface area (Å²) in [5, 5.41) is 11.3. The third-order valence-corrected chi connectivity index (χ3v) is 2.56. The van der Waals surface area contributed by atoms with Gasteiger partial charge in [-0.25, -0.2) is 0 Å². The quantitative estimate of drug-likeness (QED) is 0.736. The highest BCUT2D eigenvalue weighted by Crippen LogP contribution is 2.12. The van der Waals surface area contributed by atoms with Gasteiger partial charge in [0, 0.05) is 25.8 Å². The van der Waals surface area contributed by atoms with E-state index in [-0.39, 0.29) is 0 Å². The summed E-state index contributed by atoms with van der Waals surface area (Å²) in [6.07, 6.45) is 1.92. The van der Waals surface area contributed by atoms with Crippen LogP contribution < -0.4 is 5.32 Å². The van der Waals surface area contributed by atoms with Crippen molar-refractivity contribution in [1.29, 1.82) is 0 Å². The maximum absolute atomic E-state index is 5.36. The Morgan fingerprint density at radius 1 is 1.64 bits per heavy atom. The van der Waals surface area contributed by atoms with Crippen LogP contribution in [0.4, 0.5) is 0 Å². The second-order valence-corrected chi connectivity index (χ2v) is 3.89. The number of nitrogens with one attached hydrogen (secondary N) is 1. The van der Waals surface area contributed by atoms with Gasteiger partial charge in [0.25, 0.3) is 0 Å². The zero-order valence-corrected chi connectivity index (χ0v) is 8.60. The van der Waals surface area contributed by atoms with Gasteiger partial charge in [-0.1, -0.05) is 12.1 Å². The predicted octanol–water partition coefficient (Wildman–Crippen LogP) is -0.0604. The van der Waals surface area contributed by atoms with Crippen LogP contribution in [-0.2, 0) is 18.3 Å². The van der Waals surface area contributed by atoms with Crippen LogP contribution in [0.25, 0.3) is 0 Å². The van der Waals surface area contributed by atoms with E-state index in [1.54, 1.807) is 4.68 Å². The Kier molecular flexibility index (Phi) is 2.79. The van der Waals surface area contributed by atoms with Crippen LogP contribution in [0.15, 0.2) is 6.20 Å². The van der Waals surface area contributed by atoms with Crippen LogP contribution in [0.2, 0.25) is 0 Å². The van der Waals surface area contributed by atoms with E-state index in [0.717, 1.165) is 25.5 Å². The lowest BCUT2D eigenvalue weighted by atomic mass is 10.1. The van der Waals surface area contributed by atoms with Crippen LogP contribution in [-0.4, -0.2) is 34.2 Å². The van der Waals surface area contributed by atoms with Crippen LogP contribution in [0.5, 0.6) is 0 Å². The molecule has 0 amide bonds. The Morgan fingerprint density at radius 2 is 2.50 bits per heavy atom. The second-order valence-electron chi connectivity index (χ2n) is 3.89. The summed E-state index contributed by atoms with van der Waals surface area (Å²) in [5.74, 6) is 0.590. The fourth-order valence-electron chi connectivity index (χ4n) is 1.63. The molecule has 2 unspecified atom stereocenters. The number of rotatable bonds is 3. The molecule has 2 atom stereocenters. The molecule has 78 valence electrons. The minimum atomic E-state index is 0.456. The molecule has 0 radical (unpaired) electrons. The van der Waals surface area contributed by atoms with E-state index in [0.29, 0.717) is 12.0 Å². The van der Waals surface area contributed by atoms with Crippen molar-refractivity contribution in [3.8, 4) is 0 Å². The molecule has 1 fully saturated rings. The fraction of sp³-hybridized carbons (Fsp3) is 0.778. The lowest BCUT2D eigenvalue weighted by Gasteiger charge is -2.13. The lowest BCUT2D eigenvalue weighted by Crippen LogP contribution is -2.33. The first-order chi connectivity index (χ1) is 6.75. The molecule has 0 saturated carbocycles. The fourth-order valence-corrected chi connectivity index (χ4v) is 1.63. The molecule has 1 aliphatic heterocycles. The highest BCUT2D eigenvalue weighted by atomic mass is 16.5. The van der Waals surface area contributed by atoms with Gasteiger partial charge in [-0.3, -0.25) is 4.68 Å². The average molecular weight is 196 g/mol. The van der Waals surface area contributed by atoms with Gasteiger partial charge < -0.3 is 10.1 Å². The molecule has 5 nitrogen and oxygen atoms in total. The Hall–Kier alpha value is -0.940. The van der Waals surface area contributed by atoms with Crippen LogP contribution in [0, 0.1) is 5.92 Å². The molecule has 1 aromatic heterocycles. The molecule has 0 bridgehead atoms. The Bertz CT molecular complexity index is 299. The number of hydrogen-bond acceptors (Lipinski definition) is 4. The Morgan fingerprint density at radius 3 is 3.07 bits per heavy atom. The first-order valence-corrected chi connectivity index (χ1v) is 4.92. The molecule has 1 saturated heterocycles. The predicted molar refractivity (Wildman–Crippen MR) is 51.6 cm³/mol. The van der Waals surface area contributed by atoms with Crippen molar-refractivity contribution in [3.63, 3.8) is 0 Å². The first kappa shape index (κ1) is 9.61. The minimum absolute atomic E-state index is 0.456. The zero-order chi connectivity index (χ0) is 9.97. The second kappa shape index (κ2) is 4.06. The normalized spacial score (nSPS) is 27.0. The molecule has 5 heteroatoms. The zero-order valence-electron chi connectivity index (χ0n) is 8.60. The molecular weight excluding hydrogens is 180 g/mol. The van der Waals surface area contributed by atoms with Crippen molar-refractivity contribution < 1.29 is 4.74 Å². The van der Waals surface area contributed by atoms with Gasteiger partial charge in [0.2, 0.25) is 0 Å². The Labute approximate surface area is 83.4 Å². The van der Waals surface area contributed by atoms with E-state index >= 15 is 0 Å². The summed E-state index contributed by atoms with van der Waals surface area (Å²) in [5.41, 5.74) is 0.978. The maximum Gasteiger partial charge on any atom is 0.0964 e. The van der Waals surface area contributed by atoms with E-state index in [1.165, 1.54) is 0 Å². The van der Waals surface area contributed by atoms with Crippen LogP contribution in [0.3, 0.4) is 0 Å². The number of aromatic nitrogens is 3. The molecule has 2 heterocycles. The molecule has 14 heavy (non-hydrogen) atoms. The van der Waals surface area contributed by atoms with E-state index in [9.17, 15) is 0 Å². The molecule has 2 rings (SSSR count). The molecule has 0 aliphatic carbocycles. The van der Waals surface area contributed by atoms with Crippen molar-refractivity contribution in [2.75, 3.05) is 13.2 Å². The third-order valence-electron chi connectivity index (χ3n) is 2.56. The SMILES string of the molecule is CC1COCC1NCc1cn(C)nn1. The van der Waals surface area contributed by atoms with Gasteiger partial charge in [0.05, 0.1) is 18.9 Å². The summed E-state index contributed by atoms with van der Waals surface area (Å²) < 4.78 is 7.07. The van der Waals surface area contributed by atoms with E-state index in [2.05, 4.69) is 22.6 Å². The summed E-state index contributed by atoms with van der Waals surface area (Å²) >= 11 is 0. The van der Waals surface area contributed by atoms with Gasteiger partial charge in [0.1, 0.15) is 0 Å². The van der Waals surface area contributed by atoms with Gasteiger partial charge in [-0.15, -0.1) is 5.10 Å². The van der Waals surface area contributed by atoms with Crippen molar-refractivity contribution in [2.45, 2.75) is 19.5 Å². The molecule has 1 N–H and O–H groups in total. The number of nitrogens with zero attached hydrogens (tertiary/aromatic N) is 3. The summed E-state index contributed by atoms with van der Waals surface area (Å²) in [4.78, 5) is 0. The smallest absolute Gasteiger partial charge is 0.0964 e. The Balaban J connectivity index is 1.82. The summed E-state index contributed by atoms with van der Waals surface area (Å²) in [6, 6.07) is 0.456. The van der Waals surface area contributed by atoms with Gasteiger partial charge in [0.15, 0.2) is 0 Å². The van der Waals surface area contributed by atoms with Crippen molar-refractivity contribution in [2.24, 2.45) is 13.0 Å². The highest BCUT2D eigenvalue weighted by molar-refractivity contribution is 4.92. The molecule has 0 spiro atoms. The number of ether oxygens (including phenoxy) is 1. The largest absolute Gasteiger partial charge is 0.379 e. The molecule has 1 aromatic rings. The van der Waals surface area contributed by atoms with Gasteiger partial charge >= 0.3 is 0 Å². The van der Waals surface area contributed by atoms with Crippen LogP contribution in [0.1, 0.15) is 12.6 Å². The molecule has 1 aliphatic rings. The van der Waals surface area contributed by atoms with Crippen molar-refractivity contribution >= 4 is 0 Å². The minimum Gasteiger partial charge on any atom is -0.379 e. The number of aryl methyl sites for hydroxylation is 1. The van der Waals surface area contributed by atoms with Gasteiger partial charge in [-0.05, 0) is 5.92 Å². The molecular formula is C9H16N4O. The molecule has 0 aromatic carbocycles. The maximum atomic E-state index is 5.36. The lowest BCUT2D eigenvalue weighted by molar-refractivity contribution is 0.184. The summed E-state index contributed by atoms with van der Waals surface area (Å²) in [7, 11) is 1.87. The van der Waals surface area contributed by atoms with E-state index in [4.69, 9.17) is 4.74 Å².